The van der Waals surface area contributed by atoms with Gasteiger partial charge in [-0.2, -0.15) is 0 Å². The van der Waals surface area contributed by atoms with Crippen molar-refractivity contribution in [3.63, 3.8) is 0 Å². The van der Waals surface area contributed by atoms with Crippen molar-refractivity contribution in [2.75, 3.05) is 38.1 Å². The van der Waals surface area contributed by atoms with E-state index in [0.29, 0.717) is 26.4 Å². The van der Waals surface area contributed by atoms with Gasteiger partial charge in [0.15, 0.2) is 0 Å². The average molecular weight is 525 g/mol. The van der Waals surface area contributed by atoms with Crippen LogP contribution in [0, 0.1) is 0 Å². The van der Waals surface area contributed by atoms with Crippen LogP contribution >= 0.6 is 35.6 Å². The lowest BCUT2D eigenvalue weighted by atomic mass is 10.1. The number of nitrogens with zero attached hydrogens (tertiary/aromatic N) is 4. The van der Waals surface area contributed by atoms with Gasteiger partial charge in [0.2, 0.25) is 0 Å². The van der Waals surface area contributed by atoms with Gasteiger partial charge in [0.05, 0.1) is 28.2 Å². The molecular formula is C26H25ClN4O2S2. The highest BCUT2D eigenvalue weighted by atomic mass is 35.5. The predicted octanol–water partition coefficient (Wildman–Crippen LogP) is 4.35. The molecule has 0 bridgehead atoms. The predicted molar refractivity (Wildman–Crippen MR) is 149 cm³/mol. The molecular weight excluding hydrogens is 500 g/mol. The van der Waals surface area contributed by atoms with Crippen LogP contribution in [0.25, 0.3) is 17.0 Å². The summed E-state index contributed by atoms with van der Waals surface area (Å²) >= 11 is 13.1. The molecule has 0 unspecified atom stereocenters. The van der Waals surface area contributed by atoms with Crippen LogP contribution in [0.1, 0.15) is 11.1 Å². The van der Waals surface area contributed by atoms with Crippen LogP contribution in [0.2, 0.25) is 5.02 Å². The summed E-state index contributed by atoms with van der Waals surface area (Å²) in [4.78, 5) is 33.5. The number of benzene rings is 2. The summed E-state index contributed by atoms with van der Waals surface area (Å²) in [5.41, 5.74) is 2.97. The molecule has 0 atom stereocenters. The summed E-state index contributed by atoms with van der Waals surface area (Å²) in [5.74, 6) is -0.209. The second kappa shape index (κ2) is 9.78. The number of fused-ring (bicyclic) bond motifs is 1. The summed E-state index contributed by atoms with van der Waals surface area (Å²) in [5, 5.41) is 1.59. The summed E-state index contributed by atoms with van der Waals surface area (Å²) in [6.07, 6.45) is 1.73. The van der Waals surface area contributed by atoms with E-state index in [2.05, 4.69) is 16.8 Å². The Hall–Kier alpha value is -2.65. The van der Waals surface area contributed by atoms with Crippen molar-refractivity contribution in [2.45, 2.75) is 6.54 Å². The number of thioether (sulfide) groups is 1. The standard InChI is InChI=1S/C26H25ClN4O2S2/c1-28-11-13-30(14-12-28)23-18-8-4-6-10-21(18)29(2)24(32)19(23)15-22-25(33)31(26(34)35-22)16-17-7-3-5-9-20(17)27/h3-10,15H,11-14,16H2,1-2H3. The maximum atomic E-state index is 13.6. The molecule has 0 saturated carbocycles. The quantitative estimate of drug-likeness (QED) is 0.374. The highest BCUT2D eigenvalue weighted by molar-refractivity contribution is 8.26. The summed E-state index contributed by atoms with van der Waals surface area (Å²) in [6.45, 7) is 3.72. The first-order valence-corrected chi connectivity index (χ1v) is 13.0. The molecule has 35 heavy (non-hydrogen) atoms. The van der Waals surface area contributed by atoms with Crippen LogP contribution in [0.3, 0.4) is 0 Å². The molecule has 9 heteroatoms. The largest absolute Gasteiger partial charge is 0.368 e. The zero-order valence-electron chi connectivity index (χ0n) is 19.5. The lowest BCUT2D eigenvalue weighted by Crippen LogP contribution is -2.45. The molecule has 6 nitrogen and oxygen atoms in total. The van der Waals surface area contributed by atoms with E-state index in [1.165, 1.54) is 11.8 Å². The number of likely N-dealkylation sites (N-methyl/N-ethyl adjacent to an activating group) is 1. The van der Waals surface area contributed by atoms with Gasteiger partial charge in [-0.15, -0.1) is 0 Å². The number of piperazine rings is 1. The minimum atomic E-state index is -0.209. The van der Waals surface area contributed by atoms with Crippen molar-refractivity contribution in [1.82, 2.24) is 14.4 Å². The minimum absolute atomic E-state index is 0.131. The zero-order valence-corrected chi connectivity index (χ0v) is 21.9. The fraction of sp³-hybridized carbons (Fsp3) is 0.269. The van der Waals surface area contributed by atoms with E-state index < -0.39 is 0 Å². The number of para-hydroxylation sites is 1. The highest BCUT2D eigenvalue weighted by Crippen LogP contribution is 2.37. The Balaban J connectivity index is 1.60. The van der Waals surface area contributed by atoms with Crippen LogP contribution < -0.4 is 10.5 Å². The molecule has 1 aromatic heterocycles. The number of aromatic nitrogens is 1. The van der Waals surface area contributed by atoms with Crippen molar-refractivity contribution in [3.8, 4) is 0 Å². The summed E-state index contributed by atoms with van der Waals surface area (Å²) in [7, 11) is 3.88. The third-order valence-corrected chi connectivity index (χ3v) is 8.31. The van der Waals surface area contributed by atoms with E-state index in [1.54, 1.807) is 28.7 Å². The Labute approximate surface area is 218 Å². The normalized spacial score (nSPS) is 18.3. The van der Waals surface area contributed by atoms with Crippen LogP contribution in [0.5, 0.6) is 0 Å². The van der Waals surface area contributed by atoms with Gasteiger partial charge in [0.25, 0.3) is 11.5 Å². The van der Waals surface area contributed by atoms with Gasteiger partial charge < -0.3 is 14.4 Å². The molecule has 3 heterocycles. The van der Waals surface area contributed by atoms with Crippen molar-refractivity contribution >= 4 is 68.5 Å². The molecule has 1 amide bonds. The number of carbonyl (C=O) groups excluding carboxylic acids is 1. The maximum absolute atomic E-state index is 13.6. The molecule has 2 aromatic carbocycles. The average Bonchev–Trinajstić information content (AvgIpc) is 3.12. The number of hydrogen-bond acceptors (Lipinski definition) is 6. The van der Waals surface area contributed by atoms with Crippen molar-refractivity contribution < 1.29 is 4.79 Å². The molecule has 2 saturated heterocycles. The lowest BCUT2D eigenvalue weighted by molar-refractivity contribution is -0.122. The fourth-order valence-corrected chi connectivity index (χ4v) is 6.00. The number of amides is 1. The van der Waals surface area contributed by atoms with Crippen LogP contribution in [-0.2, 0) is 18.4 Å². The monoisotopic (exact) mass is 524 g/mol. The molecule has 2 aliphatic rings. The second-order valence-corrected chi connectivity index (χ2v) is 10.9. The van der Waals surface area contributed by atoms with E-state index in [0.717, 1.165) is 48.3 Å². The Kier molecular flexibility index (Phi) is 6.72. The molecule has 2 aliphatic heterocycles. The Bertz CT molecular complexity index is 1430. The smallest absolute Gasteiger partial charge is 0.266 e. The van der Waals surface area contributed by atoms with Gasteiger partial charge in [-0.3, -0.25) is 14.5 Å². The first-order valence-electron chi connectivity index (χ1n) is 11.4. The molecule has 0 radical (unpaired) electrons. The van der Waals surface area contributed by atoms with Gasteiger partial charge in [0, 0.05) is 43.6 Å². The Morgan fingerprint density at radius 3 is 2.43 bits per heavy atom. The number of rotatable bonds is 4. The van der Waals surface area contributed by atoms with Gasteiger partial charge in [-0.25, -0.2) is 0 Å². The number of halogens is 1. The minimum Gasteiger partial charge on any atom is -0.368 e. The third-order valence-electron chi connectivity index (χ3n) is 6.57. The van der Waals surface area contributed by atoms with Gasteiger partial charge >= 0.3 is 0 Å². The molecule has 2 fully saturated rings. The van der Waals surface area contributed by atoms with Crippen LogP contribution in [0.4, 0.5) is 5.69 Å². The molecule has 3 aromatic rings. The van der Waals surface area contributed by atoms with Gasteiger partial charge in [0.1, 0.15) is 4.32 Å². The van der Waals surface area contributed by atoms with Gasteiger partial charge in [-0.1, -0.05) is 72.0 Å². The number of thiocarbonyl (C=S) groups is 1. The number of carbonyl (C=O) groups is 1. The van der Waals surface area contributed by atoms with E-state index in [4.69, 9.17) is 23.8 Å². The maximum Gasteiger partial charge on any atom is 0.266 e. The summed E-state index contributed by atoms with van der Waals surface area (Å²) < 4.78 is 2.12. The third kappa shape index (κ3) is 4.51. The summed E-state index contributed by atoms with van der Waals surface area (Å²) in [6, 6.07) is 15.3. The first-order chi connectivity index (χ1) is 16.8. The van der Waals surface area contributed by atoms with Crippen molar-refractivity contribution in [3.05, 3.63) is 79.9 Å². The number of hydrogen-bond donors (Lipinski definition) is 0. The van der Waals surface area contributed by atoms with Crippen molar-refractivity contribution in [1.29, 1.82) is 0 Å². The van der Waals surface area contributed by atoms with Crippen LogP contribution in [0.15, 0.2) is 58.2 Å². The van der Waals surface area contributed by atoms with Crippen molar-refractivity contribution in [2.24, 2.45) is 7.05 Å². The zero-order chi connectivity index (χ0) is 24.7. The first kappa shape index (κ1) is 24.1. The molecule has 0 aliphatic carbocycles. The number of anilines is 1. The fourth-order valence-electron chi connectivity index (χ4n) is 4.57. The van der Waals surface area contributed by atoms with E-state index >= 15 is 0 Å². The highest BCUT2D eigenvalue weighted by Gasteiger charge is 2.33. The number of pyridine rings is 1. The molecule has 5 rings (SSSR count). The van der Waals surface area contributed by atoms with Gasteiger partial charge in [-0.05, 0) is 30.8 Å². The molecule has 0 N–H and O–H groups in total. The lowest BCUT2D eigenvalue weighted by Gasteiger charge is -2.35. The molecule has 0 spiro atoms. The van der Waals surface area contributed by atoms with E-state index in [1.807, 2.05) is 42.5 Å². The van der Waals surface area contributed by atoms with Crippen LogP contribution in [-0.4, -0.2) is 57.8 Å². The SMILES string of the molecule is CN1CCN(c2c(C=C3SC(=S)N(Cc4ccccc4Cl)C3=O)c(=O)n(C)c3ccccc23)CC1. The van der Waals surface area contributed by atoms with E-state index in [-0.39, 0.29) is 11.5 Å². The Morgan fingerprint density at radius 1 is 1.00 bits per heavy atom. The Morgan fingerprint density at radius 2 is 1.69 bits per heavy atom. The topological polar surface area (TPSA) is 48.8 Å². The molecule has 180 valence electrons. The van der Waals surface area contributed by atoms with E-state index in [9.17, 15) is 9.59 Å². The number of aryl methyl sites for hydroxylation is 1. The second-order valence-electron chi connectivity index (χ2n) is 8.79.